The van der Waals surface area contributed by atoms with Gasteiger partial charge in [-0.2, -0.15) is 5.06 Å². The van der Waals surface area contributed by atoms with Crippen LogP contribution < -0.4 is 11.1 Å². The Morgan fingerprint density at radius 3 is 2.28 bits per heavy atom. The van der Waals surface area contributed by atoms with Crippen LogP contribution in [-0.2, 0) is 6.42 Å². The number of nitrogens with one attached hydrogen (secondary N) is 1. The van der Waals surface area contributed by atoms with Crippen LogP contribution in [-0.4, -0.2) is 66.5 Å². The van der Waals surface area contributed by atoms with Crippen LogP contribution in [0.4, 0.5) is 0 Å². The van der Waals surface area contributed by atoms with Gasteiger partial charge in [-0.15, -0.1) is 0 Å². The average Bonchev–Trinajstić information content (AvgIpc) is 2.82. The lowest BCUT2D eigenvalue weighted by molar-refractivity contribution is -0.111. The molecule has 0 radical (unpaired) electrons. The number of likely N-dealkylation sites (tertiary alicyclic amines) is 1. The third-order valence-electron chi connectivity index (χ3n) is 6.66. The van der Waals surface area contributed by atoms with Crippen molar-refractivity contribution in [2.24, 2.45) is 17.6 Å². The maximum Gasteiger partial charge on any atom is 0.0325 e. The Balaban J connectivity index is 0.000000303. The minimum Gasteiger partial charge on any atom is -0.412 e. The second-order valence-electron chi connectivity index (χ2n) is 8.86. The lowest BCUT2D eigenvalue weighted by Crippen LogP contribution is -2.40. The number of nitrogens with two attached hydrogens (primary N) is 1. The van der Waals surface area contributed by atoms with Crippen molar-refractivity contribution in [3.05, 3.63) is 59.8 Å². The third kappa shape index (κ3) is 9.04. The summed E-state index contributed by atoms with van der Waals surface area (Å²) in [4.78, 5) is 2.49. The van der Waals surface area contributed by atoms with Crippen LogP contribution >= 0.6 is 0 Å². The summed E-state index contributed by atoms with van der Waals surface area (Å²) < 4.78 is 0. The first-order valence-corrected chi connectivity index (χ1v) is 11.7. The normalized spacial score (nSPS) is 22.2. The summed E-state index contributed by atoms with van der Waals surface area (Å²) in [7, 11) is 2.06. The molecule has 1 aliphatic carbocycles. The van der Waals surface area contributed by atoms with Crippen molar-refractivity contribution in [2.75, 3.05) is 39.8 Å². The van der Waals surface area contributed by atoms with Crippen LogP contribution in [0.5, 0.6) is 0 Å². The number of rotatable bonds is 5. The molecule has 32 heavy (non-hydrogen) atoms. The Morgan fingerprint density at radius 2 is 1.69 bits per heavy atom. The summed E-state index contributed by atoms with van der Waals surface area (Å²) >= 11 is 0. The Morgan fingerprint density at radius 1 is 1.03 bits per heavy atom. The van der Waals surface area contributed by atoms with E-state index in [0.717, 1.165) is 51.2 Å². The van der Waals surface area contributed by atoms with Crippen LogP contribution in [0.1, 0.15) is 45.1 Å². The molecular weight excluding hydrogens is 400 g/mol. The van der Waals surface area contributed by atoms with Crippen molar-refractivity contribution in [3.63, 3.8) is 0 Å². The molecule has 0 bridgehead atoms. The predicted octanol–water partition coefficient (Wildman–Crippen LogP) is 3.23. The van der Waals surface area contributed by atoms with Crippen LogP contribution in [0.2, 0.25) is 0 Å². The van der Waals surface area contributed by atoms with E-state index in [1.807, 2.05) is 0 Å². The van der Waals surface area contributed by atoms with E-state index >= 15 is 0 Å². The smallest absolute Gasteiger partial charge is 0.0325 e. The van der Waals surface area contributed by atoms with Crippen molar-refractivity contribution >= 4 is 0 Å². The molecule has 0 saturated carbocycles. The first-order valence-electron chi connectivity index (χ1n) is 11.7. The monoisotopic (exact) mass is 446 g/mol. The molecular formula is C26H46N4O2. The molecule has 2 aliphatic heterocycles. The summed E-state index contributed by atoms with van der Waals surface area (Å²) in [6, 6.07) is 11.3. The van der Waals surface area contributed by atoms with Gasteiger partial charge in [0, 0.05) is 37.9 Å². The summed E-state index contributed by atoms with van der Waals surface area (Å²) in [6.45, 7) is 4.76. The quantitative estimate of drug-likeness (QED) is 0.645. The van der Waals surface area contributed by atoms with E-state index in [2.05, 4.69) is 65.8 Å². The zero-order chi connectivity index (χ0) is 21.2. The fraction of sp³-hybridized carbons (Fsp3) is 0.615. The zero-order valence-corrected chi connectivity index (χ0v) is 19.0. The highest BCUT2D eigenvalue weighted by atomic mass is 16.5. The van der Waals surface area contributed by atoms with E-state index in [1.54, 1.807) is 0 Å². The molecule has 2 saturated heterocycles. The minimum absolute atomic E-state index is 0. The molecule has 1 aromatic rings. The SMILES string of the molecule is C.CNC1CCN(C2=CC(CN)CC=C2)CC1.O.ON1CCC(Cc2ccccc2)CC1. The predicted molar refractivity (Wildman–Crippen MR) is 135 cm³/mol. The maximum atomic E-state index is 9.23. The van der Waals surface area contributed by atoms with E-state index in [0.29, 0.717) is 12.0 Å². The number of nitrogens with zero attached hydrogens (tertiary/aromatic N) is 2. The lowest BCUT2D eigenvalue weighted by atomic mass is 9.91. The number of hydrogen-bond donors (Lipinski definition) is 3. The van der Waals surface area contributed by atoms with E-state index in [4.69, 9.17) is 5.73 Å². The Kier molecular flexibility index (Phi) is 13.5. The Bertz CT molecular complexity index is 664. The summed E-state index contributed by atoms with van der Waals surface area (Å²) in [5.74, 6) is 1.29. The van der Waals surface area contributed by atoms with Gasteiger partial charge in [-0.3, -0.25) is 0 Å². The average molecular weight is 447 g/mol. The zero-order valence-electron chi connectivity index (χ0n) is 19.0. The van der Waals surface area contributed by atoms with E-state index < -0.39 is 0 Å². The minimum atomic E-state index is 0. The highest BCUT2D eigenvalue weighted by molar-refractivity contribution is 5.23. The molecule has 6 heteroatoms. The van der Waals surface area contributed by atoms with Crippen molar-refractivity contribution in [2.45, 2.75) is 52.0 Å². The molecule has 4 rings (SSSR count). The van der Waals surface area contributed by atoms with Crippen LogP contribution in [0.3, 0.4) is 0 Å². The molecule has 0 amide bonds. The topological polar surface area (TPSA) is 96.3 Å². The molecule has 6 nitrogen and oxygen atoms in total. The van der Waals surface area contributed by atoms with Gasteiger partial charge in [0.15, 0.2) is 0 Å². The molecule has 2 fully saturated rings. The summed E-state index contributed by atoms with van der Waals surface area (Å²) in [6.07, 6.45) is 13.9. The molecule has 0 spiro atoms. The molecule has 1 aromatic carbocycles. The molecule has 2 heterocycles. The molecule has 1 unspecified atom stereocenters. The number of benzene rings is 1. The van der Waals surface area contributed by atoms with E-state index in [1.165, 1.54) is 42.3 Å². The molecule has 182 valence electrons. The van der Waals surface area contributed by atoms with Gasteiger partial charge in [-0.05, 0) is 75.6 Å². The van der Waals surface area contributed by atoms with Gasteiger partial charge in [0.25, 0.3) is 0 Å². The fourth-order valence-corrected chi connectivity index (χ4v) is 4.60. The number of hydrogen-bond acceptors (Lipinski definition) is 5. The highest BCUT2D eigenvalue weighted by Gasteiger charge is 2.20. The van der Waals surface area contributed by atoms with Gasteiger partial charge in [0.2, 0.25) is 0 Å². The van der Waals surface area contributed by atoms with Gasteiger partial charge in [-0.25, -0.2) is 0 Å². The number of allylic oxidation sites excluding steroid dienone is 2. The second-order valence-corrected chi connectivity index (χ2v) is 8.86. The summed E-state index contributed by atoms with van der Waals surface area (Å²) in [5.41, 5.74) is 8.54. The molecule has 3 aliphatic rings. The van der Waals surface area contributed by atoms with Gasteiger partial charge < -0.3 is 26.6 Å². The Labute approximate surface area is 195 Å². The molecule has 0 aromatic heterocycles. The van der Waals surface area contributed by atoms with Gasteiger partial charge in [0.1, 0.15) is 0 Å². The number of piperidine rings is 2. The van der Waals surface area contributed by atoms with Crippen LogP contribution in [0.25, 0.3) is 0 Å². The first kappa shape index (κ1) is 28.3. The third-order valence-corrected chi connectivity index (χ3v) is 6.66. The van der Waals surface area contributed by atoms with Crippen LogP contribution in [0.15, 0.2) is 54.3 Å². The van der Waals surface area contributed by atoms with E-state index in [-0.39, 0.29) is 12.9 Å². The fourth-order valence-electron chi connectivity index (χ4n) is 4.60. The highest BCUT2D eigenvalue weighted by Crippen LogP contribution is 2.22. The van der Waals surface area contributed by atoms with Gasteiger partial charge >= 0.3 is 0 Å². The standard InChI is InChI=1S/C13H23N3.C12H17NO.CH4.H2O/c1-15-12-5-7-16(8-6-12)13-4-2-3-11(9-13)10-14;14-13-8-6-12(7-9-13)10-11-4-2-1-3-5-11;;/h2,4,9,11-12,15H,3,5-8,10,14H2,1H3;1-5,12,14H,6-10H2;1H4;1H2. The second kappa shape index (κ2) is 15.2. The van der Waals surface area contributed by atoms with Crippen LogP contribution in [0, 0.1) is 11.8 Å². The lowest BCUT2D eigenvalue weighted by Gasteiger charge is -2.35. The van der Waals surface area contributed by atoms with Gasteiger partial charge in [-0.1, -0.05) is 49.9 Å². The van der Waals surface area contributed by atoms with E-state index in [9.17, 15) is 5.21 Å². The summed E-state index contributed by atoms with van der Waals surface area (Å²) in [5, 5.41) is 14.0. The van der Waals surface area contributed by atoms with Crippen molar-refractivity contribution in [1.82, 2.24) is 15.3 Å². The largest absolute Gasteiger partial charge is 0.412 e. The number of hydroxylamine groups is 2. The van der Waals surface area contributed by atoms with Crippen molar-refractivity contribution in [1.29, 1.82) is 0 Å². The van der Waals surface area contributed by atoms with Gasteiger partial charge in [0.05, 0.1) is 0 Å². The van der Waals surface area contributed by atoms with Crippen molar-refractivity contribution in [3.8, 4) is 0 Å². The molecule has 1 atom stereocenters. The first-order chi connectivity index (χ1) is 14.7. The molecule has 6 N–H and O–H groups in total. The maximum absolute atomic E-state index is 9.23. The van der Waals surface area contributed by atoms with Crippen molar-refractivity contribution < 1.29 is 10.7 Å². The Hall–Kier alpha value is -1.70.